The molecule has 0 saturated carbocycles. The largest absolute Gasteiger partial charge is 0.508 e. The first kappa shape index (κ1) is 31.9. The molecular formula is C35H39N3O6. The van der Waals surface area contributed by atoms with Crippen LogP contribution in [0.2, 0.25) is 0 Å². The summed E-state index contributed by atoms with van der Waals surface area (Å²) in [6.07, 6.45) is -0.737. The molecule has 0 radical (unpaired) electrons. The molecule has 9 heteroatoms. The fraction of sp³-hybridized carbons (Fsp3) is 0.286. The summed E-state index contributed by atoms with van der Waals surface area (Å²) in [5.41, 5.74) is 0.610. The Morgan fingerprint density at radius 1 is 0.841 bits per heavy atom. The van der Waals surface area contributed by atoms with Crippen molar-refractivity contribution in [2.45, 2.75) is 64.8 Å². The number of carbonyl (C=O) groups excluding carboxylic acids is 3. The highest BCUT2D eigenvalue weighted by Crippen LogP contribution is 2.33. The monoisotopic (exact) mass is 597 g/mol. The Morgan fingerprint density at radius 3 is 2.11 bits per heavy atom. The number of aromatic hydroxyl groups is 2. The first-order valence-electron chi connectivity index (χ1n) is 14.5. The molecule has 2 unspecified atom stereocenters. The molecule has 9 nitrogen and oxygen atoms in total. The van der Waals surface area contributed by atoms with Gasteiger partial charge in [0.15, 0.2) is 0 Å². The van der Waals surface area contributed by atoms with Gasteiger partial charge in [-0.3, -0.25) is 9.59 Å². The van der Waals surface area contributed by atoms with E-state index >= 15 is 0 Å². The number of phenols is 2. The molecule has 0 aliphatic heterocycles. The molecule has 0 aliphatic rings. The molecule has 0 fully saturated rings. The highest BCUT2D eigenvalue weighted by molar-refractivity contribution is 6.01. The van der Waals surface area contributed by atoms with Gasteiger partial charge in [-0.25, -0.2) is 4.79 Å². The number of anilines is 1. The molecule has 0 aromatic heterocycles. The van der Waals surface area contributed by atoms with E-state index in [9.17, 15) is 24.6 Å². The van der Waals surface area contributed by atoms with Crippen LogP contribution in [0, 0.1) is 0 Å². The number of rotatable bonds is 9. The molecule has 0 heterocycles. The third kappa shape index (κ3) is 8.06. The minimum atomic E-state index is -1.25. The zero-order chi connectivity index (χ0) is 32.0. The average Bonchev–Trinajstić information content (AvgIpc) is 2.95. The molecule has 3 amide bonds. The van der Waals surface area contributed by atoms with Gasteiger partial charge in [0, 0.05) is 23.7 Å². The van der Waals surface area contributed by atoms with Crippen molar-refractivity contribution in [1.29, 1.82) is 0 Å². The van der Waals surface area contributed by atoms with Gasteiger partial charge in [0.25, 0.3) is 5.91 Å². The van der Waals surface area contributed by atoms with E-state index in [4.69, 9.17) is 4.74 Å². The Balaban J connectivity index is 1.74. The number of ether oxygens (including phenoxy) is 1. The topological polar surface area (TPSA) is 128 Å². The molecule has 4 aromatic carbocycles. The maximum atomic E-state index is 14.5. The molecule has 0 aliphatic carbocycles. The van der Waals surface area contributed by atoms with Gasteiger partial charge in [-0.05, 0) is 81.3 Å². The SMILES string of the molecule is CC(C)N(C(=O)C(Cc1ccc(O)cc1)NC(=O)OC(C)(C)C)C(C(=O)Nc1ccc2ccccc2c1)c1ccccc1O. The number of nitrogens with zero attached hydrogens (tertiary/aromatic N) is 1. The van der Waals surface area contributed by atoms with Crippen LogP contribution in [0.25, 0.3) is 10.8 Å². The van der Waals surface area contributed by atoms with Gasteiger partial charge >= 0.3 is 6.09 Å². The van der Waals surface area contributed by atoms with Crippen molar-refractivity contribution in [3.63, 3.8) is 0 Å². The number of alkyl carbamates (subject to hydrolysis) is 1. The van der Waals surface area contributed by atoms with Crippen molar-refractivity contribution in [1.82, 2.24) is 10.2 Å². The van der Waals surface area contributed by atoms with Gasteiger partial charge < -0.3 is 30.5 Å². The summed E-state index contributed by atoms with van der Waals surface area (Å²) < 4.78 is 5.46. The van der Waals surface area contributed by atoms with Crippen LogP contribution < -0.4 is 10.6 Å². The number of phenolic OH excluding ortho intramolecular Hbond substituents is 2. The number of hydrogen-bond donors (Lipinski definition) is 4. The summed E-state index contributed by atoms with van der Waals surface area (Å²) in [5, 5.41) is 28.2. The zero-order valence-electron chi connectivity index (χ0n) is 25.6. The summed E-state index contributed by atoms with van der Waals surface area (Å²) in [6, 6.07) is 23.0. The van der Waals surface area contributed by atoms with E-state index < -0.39 is 41.6 Å². The Labute approximate surface area is 257 Å². The van der Waals surface area contributed by atoms with Crippen LogP contribution in [0.4, 0.5) is 10.5 Å². The summed E-state index contributed by atoms with van der Waals surface area (Å²) in [6.45, 7) is 8.68. The van der Waals surface area contributed by atoms with Crippen molar-refractivity contribution < 1.29 is 29.3 Å². The molecule has 44 heavy (non-hydrogen) atoms. The van der Waals surface area contributed by atoms with Gasteiger partial charge in [-0.15, -0.1) is 0 Å². The molecule has 4 aromatic rings. The molecule has 0 bridgehead atoms. The molecule has 2 atom stereocenters. The summed E-state index contributed by atoms with van der Waals surface area (Å²) in [7, 11) is 0. The lowest BCUT2D eigenvalue weighted by molar-refractivity contribution is -0.143. The van der Waals surface area contributed by atoms with E-state index in [1.165, 1.54) is 23.1 Å². The molecule has 0 spiro atoms. The van der Waals surface area contributed by atoms with E-state index in [1.54, 1.807) is 71.0 Å². The number of carbonyl (C=O) groups is 3. The van der Waals surface area contributed by atoms with Crippen LogP contribution in [0.1, 0.15) is 51.8 Å². The number of nitrogens with one attached hydrogen (secondary N) is 2. The lowest BCUT2D eigenvalue weighted by atomic mass is 9.98. The van der Waals surface area contributed by atoms with Crippen molar-refractivity contribution in [2.75, 3.05) is 5.32 Å². The summed E-state index contributed by atoms with van der Waals surface area (Å²) in [5.74, 6) is -1.18. The third-order valence-electron chi connectivity index (χ3n) is 6.95. The quantitative estimate of drug-likeness (QED) is 0.179. The Morgan fingerprint density at radius 2 is 1.48 bits per heavy atom. The average molecular weight is 598 g/mol. The Bertz CT molecular complexity index is 1630. The van der Waals surface area contributed by atoms with Crippen LogP contribution in [0.5, 0.6) is 11.5 Å². The van der Waals surface area contributed by atoms with Crippen LogP contribution in [-0.4, -0.2) is 50.7 Å². The van der Waals surface area contributed by atoms with Gasteiger partial charge in [0.2, 0.25) is 5.91 Å². The van der Waals surface area contributed by atoms with Crippen molar-refractivity contribution in [2.24, 2.45) is 0 Å². The van der Waals surface area contributed by atoms with E-state index in [0.29, 0.717) is 11.3 Å². The normalized spacial score (nSPS) is 12.8. The van der Waals surface area contributed by atoms with Crippen LogP contribution in [0.3, 0.4) is 0 Å². The highest BCUT2D eigenvalue weighted by atomic mass is 16.6. The lowest BCUT2D eigenvalue weighted by Crippen LogP contribution is -2.55. The number of benzene rings is 4. The molecular weight excluding hydrogens is 558 g/mol. The standard InChI is InChI=1S/C35H39N3O6/c1-22(2)38(33(42)29(37-34(43)44-35(3,4)5)20-23-14-18-27(39)19-15-23)31(28-12-8-9-13-30(28)40)32(41)36-26-17-16-24-10-6-7-11-25(24)21-26/h6-19,21-22,29,31,39-40H,20H2,1-5H3,(H,36,41)(H,37,43). The predicted octanol–water partition coefficient (Wildman–Crippen LogP) is 6.30. The van der Waals surface area contributed by atoms with Gasteiger partial charge in [0.05, 0.1) is 0 Å². The maximum Gasteiger partial charge on any atom is 0.408 e. The van der Waals surface area contributed by atoms with Crippen molar-refractivity contribution >= 4 is 34.4 Å². The number of hydrogen-bond acceptors (Lipinski definition) is 6. The van der Waals surface area contributed by atoms with Crippen molar-refractivity contribution in [3.05, 3.63) is 102 Å². The zero-order valence-corrected chi connectivity index (χ0v) is 25.6. The second kappa shape index (κ2) is 13.5. The minimum absolute atomic E-state index is 0.0569. The Kier molecular flexibility index (Phi) is 9.78. The fourth-order valence-corrected chi connectivity index (χ4v) is 4.99. The van der Waals surface area contributed by atoms with E-state index in [1.807, 2.05) is 36.4 Å². The second-order valence-electron chi connectivity index (χ2n) is 11.9. The van der Waals surface area contributed by atoms with E-state index in [0.717, 1.165) is 10.8 Å². The fourth-order valence-electron chi connectivity index (χ4n) is 4.99. The molecule has 230 valence electrons. The highest BCUT2D eigenvalue weighted by Gasteiger charge is 2.39. The lowest BCUT2D eigenvalue weighted by Gasteiger charge is -2.37. The molecule has 4 rings (SSSR count). The minimum Gasteiger partial charge on any atom is -0.508 e. The predicted molar refractivity (Wildman–Crippen MR) is 170 cm³/mol. The van der Waals surface area contributed by atoms with Crippen molar-refractivity contribution in [3.8, 4) is 11.5 Å². The van der Waals surface area contributed by atoms with Crippen LogP contribution in [0.15, 0.2) is 91.0 Å². The molecule has 0 saturated heterocycles. The van der Waals surface area contributed by atoms with E-state index in [-0.39, 0.29) is 23.5 Å². The summed E-state index contributed by atoms with van der Waals surface area (Å²) >= 11 is 0. The van der Waals surface area contributed by atoms with Crippen LogP contribution >= 0.6 is 0 Å². The third-order valence-corrected chi connectivity index (χ3v) is 6.95. The van der Waals surface area contributed by atoms with Gasteiger partial charge in [0.1, 0.15) is 29.2 Å². The second-order valence-corrected chi connectivity index (χ2v) is 11.9. The Hall–Kier alpha value is -5.05. The first-order chi connectivity index (χ1) is 20.8. The maximum absolute atomic E-state index is 14.5. The van der Waals surface area contributed by atoms with Gasteiger partial charge in [-0.2, -0.15) is 0 Å². The molecule has 4 N–H and O–H groups in total. The first-order valence-corrected chi connectivity index (χ1v) is 14.5. The number of amides is 3. The van der Waals surface area contributed by atoms with E-state index in [2.05, 4.69) is 10.6 Å². The van der Waals surface area contributed by atoms with Crippen LogP contribution in [-0.2, 0) is 20.7 Å². The number of fused-ring (bicyclic) bond motifs is 1. The number of para-hydroxylation sites is 1. The summed E-state index contributed by atoms with van der Waals surface area (Å²) in [4.78, 5) is 42.9. The van der Waals surface area contributed by atoms with Gasteiger partial charge in [-0.1, -0.05) is 60.7 Å². The smallest absolute Gasteiger partial charge is 0.408 e.